The molecule has 0 radical (unpaired) electrons. The van der Waals surface area contributed by atoms with Crippen LogP contribution in [0.5, 0.6) is 0 Å². The van der Waals surface area contributed by atoms with Crippen LogP contribution in [-0.2, 0) is 6.42 Å². The van der Waals surface area contributed by atoms with Crippen LogP contribution in [0.4, 0.5) is 0 Å². The summed E-state index contributed by atoms with van der Waals surface area (Å²) in [7, 11) is 2.07. The van der Waals surface area contributed by atoms with Crippen LogP contribution in [0.1, 0.15) is 42.1 Å². The number of benzene rings is 1. The zero-order valence-electron chi connectivity index (χ0n) is 12.7. The molecule has 2 rings (SSSR count). The van der Waals surface area contributed by atoms with Crippen molar-refractivity contribution in [2.75, 3.05) is 26.7 Å². The largest absolute Gasteiger partial charge is 0.317 e. The van der Waals surface area contributed by atoms with Gasteiger partial charge in [-0.2, -0.15) is 0 Å². The average molecular weight is 274 g/mol. The number of rotatable bonds is 6. The van der Waals surface area contributed by atoms with Gasteiger partial charge in [0.2, 0.25) is 0 Å². The molecule has 0 unspecified atom stereocenters. The molecule has 0 saturated carbocycles. The summed E-state index contributed by atoms with van der Waals surface area (Å²) >= 11 is 0. The maximum atomic E-state index is 12.3. The highest BCUT2D eigenvalue weighted by Crippen LogP contribution is 2.12. The predicted molar refractivity (Wildman–Crippen MR) is 83.3 cm³/mol. The second-order valence-corrected chi connectivity index (χ2v) is 5.77. The molecule has 1 aromatic carbocycles. The maximum absolute atomic E-state index is 12.3. The van der Waals surface area contributed by atoms with Crippen LogP contribution in [0.15, 0.2) is 24.3 Å². The second-order valence-electron chi connectivity index (χ2n) is 5.77. The Kier molecular flexibility index (Phi) is 5.74. The third kappa shape index (κ3) is 4.15. The summed E-state index contributed by atoms with van der Waals surface area (Å²) in [6.07, 6.45) is 4.51. The smallest absolute Gasteiger partial charge is 0.176 e. The fourth-order valence-electron chi connectivity index (χ4n) is 2.84. The number of hydrogen-bond donors (Lipinski definition) is 1. The first-order chi connectivity index (χ1) is 9.70. The maximum Gasteiger partial charge on any atom is 0.176 e. The van der Waals surface area contributed by atoms with Crippen molar-refractivity contribution < 1.29 is 4.79 Å². The lowest BCUT2D eigenvalue weighted by atomic mass is 10.0. The zero-order chi connectivity index (χ0) is 14.4. The molecule has 1 saturated heterocycles. The van der Waals surface area contributed by atoms with Crippen LogP contribution in [0.2, 0.25) is 0 Å². The molecule has 0 amide bonds. The van der Waals surface area contributed by atoms with Crippen molar-refractivity contribution in [2.24, 2.45) is 0 Å². The lowest BCUT2D eigenvalue weighted by molar-refractivity contribution is 0.0903. The predicted octanol–water partition coefficient (Wildman–Crippen LogP) is 2.51. The van der Waals surface area contributed by atoms with E-state index in [-0.39, 0.29) is 5.78 Å². The SMILES string of the molecule is CCCc1ccc(C(=O)CN(C)C2CCNCC2)cc1. The Labute approximate surface area is 122 Å². The van der Waals surface area contributed by atoms with Gasteiger partial charge in [-0.1, -0.05) is 37.6 Å². The molecule has 0 bridgehead atoms. The van der Waals surface area contributed by atoms with E-state index < -0.39 is 0 Å². The first-order valence-electron chi connectivity index (χ1n) is 7.73. The summed E-state index contributed by atoms with van der Waals surface area (Å²) in [6, 6.07) is 8.66. The summed E-state index contributed by atoms with van der Waals surface area (Å²) in [5.74, 6) is 0.231. The number of nitrogens with one attached hydrogen (secondary N) is 1. The van der Waals surface area contributed by atoms with E-state index in [1.165, 1.54) is 5.56 Å². The van der Waals surface area contributed by atoms with Gasteiger partial charge in [-0.25, -0.2) is 0 Å². The number of likely N-dealkylation sites (N-methyl/N-ethyl adjacent to an activating group) is 1. The zero-order valence-corrected chi connectivity index (χ0v) is 12.7. The van der Waals surface area contributed by atoms with Crippen molar-refractivity contribution in [1.29, 1.82) is 0 Å². The lowest BCUT2D eigenvalue weighted by Gasteiger charge is -2.31. The van der Waals surface area contributed by atoms with E-state index in [4.69, 9.17) is 0 Å². The Morgan fingerprint density at radius 1 is 1.25 bits per heavy atom. The first-order valence-corrected chi connectivity index (χ1v) is 7.73. The summed E-state index contributed by atoms with van der Waals surface area (Å²) in [6.45, 7) is 4.83. The van der Waals surface area contributed by atoms with Crippen LogP contribution in [0, 0.1) is 0 Å². The van der Waals surface area contributed by atoms with Crippen LogP contribution in [0.3, 0.4) is 0 Å². The van der Waals surface area contributed by atoms with E-state index in [1.54, 1.807) is 0 Å². The van der Waals surface area contributed by atoms with Crippen LogP contribution < -0.4 is 5.32 Å². The first kappa shape index (κ1) is 15.2. The molecule has 1 fully saturated rings. The number of carbonyl (C=O) groups is 1. The molecule has 110 valence electrons. The highest BCUT2D eigenvalue weighted by atomic mass is 16.1. The van der Waals surface area contributed by atoms with Crippen molar-refractivity contribution >= 4 is 5.78 Å². The molecule has 3 heteroatoms. The van der Waals surface area contributed by atoms with E-state index in [2.05, 4.69) is 36.3 Å². The Morgan fingerprint density at radius 3 is 2.50 bits per heavy atom. The molecule has 3 nitrogen and oxygen atoms in total. The van der Waals surface area contributed by atoms with Crippen molar-refractivity contribution in [3.8, 4) is 0 Å². The van der Waals surface area contributed by atoms with Crippen LogP contribution in [0.25, 0.3) is 0 Å². The fraction of sp³-hybridized carbons (Fsp3) is 0.588. The minimum atomic E-state index is 0.231. The molecular weight excluding hydrogens is 248 g/mol. The molecule has 0 spiro atoms. The number of ketones is 1. The van der Waals surface area contributed by atoms with E-state index in [9.17, 15) is 4.79 Å². The van der Waals surface area contributed by atoms with E-state index in [0.717, 1.165) is 44.3 Å². The third-order valence-electron chi connectivity index (χ3n) is 4.14. The summed E-state index contributed by atoms with van der Waals surface area (Å²) in [4.78, 5) is 14.5. The summed E-state index contributed by atoms with van der Waals surface area (Å²) in [5, 5.41) is 3.36. The van der Waals surface area contributed by atoms with Gasteiger partial charge in [0, 0.05) is 11.6 Å². The van der Waals surface area contributed by atoms with Crippen LogP contribution in [-0.4, -0.2) is 43.4 Å². The van der Waals surface area contributed by atoms with Gasteiger partial charge < -0.3 is 5.32 Å². The monoisotopic (exact) mass is 274 g/mol. The topological polar surface area (TPSA) is 32.3 Å². The average Bonchev–Trinajstić information content (AvgIpc) is 2.49. The minimum Gasteiger partial charge on any atom is -0.317 e. The molecule has 1 aliphatic heterocycles. The summed E-state index contributed by atoms with van der Waals surface area (Å²) < 4.78 is 0. The Balaban J connectivity index is 1.89. The molecule has 0 aromatic heterocycles. The van der Waals surface area contributed by atoms with Gasteiger partial charge in [0.05, 0.1) is 6.54 Å². The number of nitrogens with zero attached hydrogens (tertiary/aromatic N) is 1. The van der Waals surface area contributed by atoms with E-state index in [1.807, 2.05) is 12.1 Å². The van der Waals surface area contributed by atoms with E-state index in [0.29, 0.717) is 12.6 Å². The van der Waals surface area contributed by atoms with Gasteiger partial charge in [0.15, 0.2) is 5.78 Å². The molecule has 1 heterocycles. The Hall–Kier alpha value is -1.19. The van der Waals surface area contributed by atoms with Gasteiger partial charge in [-0.05, 0) is 45.0 Å². The van der Waals surface area contributed by atoms with Crippen molar-refractivity contribution in [3.63, 3.8) is 0 Å². The molecule has 1 aliphatic rings. The lowest BCUT2D eigenvalue weighted by Crippen LogP contribution is -2.43. The minimum absolute atomic E-state index is 0.231. The van der Waals surface area contributed by atoms with Crippen molar-refractivity contribution in [1.82, 2.24) is 10.2 Å². The molecule has 0 aliphatic carbocycles. The Bertz CT molecular complexity index is 421. The van der Waals surface area contributed by atoms with Crippen molar-refractivity contribution in [3.05, 3.63) is 35.4 Å². The van der Waals surface area contributed by atoms with Gasteiger partial charge in [0.1, 0.15) is 0 Å². The normalized spacial score (nSPS) is 16.6. The highest BCUT2D eigenvalue weighted by molar-refractivity contribution is 5.97. The second kappa shape index (κ2) is 7.55. The standard InChI is InChI=1S/C17H26N2O/c1-3-4-14-5-7-15(8-6-14)17(20)13-19(2)16-9-11-18-12-10-16/h5-8,16,18H,3-4,9-13H2,1-2H3. The van der Waals surface area contributed by atoms with Gasteiger partial charge >= 0.3 is 0 Å². The molecular formula is C17H26N2O. The van der Waals surface area contributed by atoms with Gasteiger partial charge in [-0.3, -0.25) is 9.69 Å². The highest BCUT2D eigenvalue weighted by Gasteiger charge is 2.20. The molecule has 1 aromatic rings. The van der Waals surface area contributed by atoms with Crippen molar-refractivity contribution in [2.45, 2.75) is 38.6 Å². The number of Topliss-reactive ketones (excluding diaryl/α,β-unsaturated/α-hetero) is 1. The van der Waals surface area contributed by atoms with Crippen LogP contribution >= 0.6 is 0 Å². The number of aryl methyl sites for hydroxylation is 1. The quantitative estimate of drug-likeness (QED) is 0.809. The number of carbonyl (C=O) groups excluding carboxylic acids is 1. The Morgan fingerprint density at radius 2 is 1.90 bits per heavy atom. The van der Waals surface area contributed by atoms with Gasteiger partial charge in [-0.15, -0.1) is 0 Å². The molecule has 20 heavy (non-hydrogen) atoms. The number of piperidine rings is 1. The van der Waals surface area contributed by atoms with Gasteiger partial charge in [0.25, 0.3) is 0 Å². The number of hydrogen-bond acceptors (Lipinski definition) is 3. The molecule has 1 N–H and O–H groups in total. The molecule has 0 atom stereocenters. The third-order valence-corrected chi connectivity index (χ3v) is 4.14. The van der Waals surface area contributed by atoms with E-state index >= 15 is 0 Å². The summed E-state index contributed by atoms with van der Waals surface area (Å²) in [5.41, 5.74) is 2.15. The fourth-order valence-corrected chi connectivity index (χ4v) is 2.84.